The molecule has 0 amide bonds. The number of carbonyl (C=O) groups is 1. The predicted molar refractivity (Wildman–Crippen MR) is 60.4 cm³/mol. The molecular formula is C11H4N4O3. The Bertz CT molecular complexity index is 813. The summed E-state index contributed by atoms with van der Waals surface area (Å²) in [6.45, 7) is 0. The van der Waals surface area contributed by atoms with Crippen LogP contribution in [0.1, 0.15) is 5.56 Å². The van der Waals surface area contributed by atoms with Crippen LogP contribution in [0.4, 0.5) is 5.69 Å². The number of ketones is 1. The molecule has 0 spiro atoms. The summed E-state index contributed by atoms with van der Waals surface area (Å²) < 4.78 is 4.59. The van der Waals surface area contributed by atoms with Crippen molar-refractivity contribution in [2.75, 3.05) is 0 Å². The van der Waals surface area contributed by atoms with E-state index in [1.54, 1.807) is 12.3 Å². The second-order valence-corrected chi connectivity index (χ2v) is 3.88. The van der Waals surface area contributed by atoms with E-state index in [2.05, 4.69) is 24.9 Å². The van der Waals surface area contributed by atoms with Crippen molar-refractivity contribution in [3.8, 4) is 0 Å². The molecule has 0 saturated heterocycles. The molecule has 2 aromatic rings. The SMILES string of the molecule is O=C1C(O)=CC=C2C1=Nc1c2cnc2nonc12. The number of allylic oxidation sites excluding steroid dienone is 4. The van der Waals surface area contributed by atoms with Crippen LogP contribution in [-0.2, 0) is 4.79 Å². The van der Waals surface area contributed by atoms with Crippen LogP contribution in [0.25, 0.3) is 16.7 Å². The number of hydrogen-bond donors (Lipinski definition) is 1. The molecule has 18 heavy (non-hydrogen) atoms. The fourth-order valence-corrected chi connectivity index (χ4v) is 2.04. The van der Waals surface area contributed by atoms with E-state index in [4.69, 9.17) is 0 Å². The third-order valence-electron chi connectivity index (χ3n) is 2.89. The first-order chi connectivity index (χ1) is 8.75. The average molecular weight is 240 g/mol. The highest BCUT2D eigenvalue weighted by molar-refractivity contribution is 6.63. The van der Waals surface area contributed by atoms with Gasteiger partial charge in [0, 0.05) is 17.3 Å². The minimum Gasteiger partial charge on any atom is -0.504 e. The molecule has 0 radical (unpaired) electrons. The number of rotatable bonds is 0. The molecule has 7 heteroatoms. The first-order valence-corrected chi connectivity index (χ1v) is 5.12. The van der Waals surface area contributed by atoms with Crippen molar-refractivity contribution in [2.24, 2.45) is 4.99 Å². The van der Waals surface area contributed by atoms with Gasteiger partial charge in [-0.15, -0.1) is 0 Å². The van der Waals surface area contributed by atoms with Crippen molar-refractivity contribution in [1.82, 2.24) is 15.3 Å². The lowest BCUT2D eigenvalue weighted by Crippen LogP contribution is -2.18. The Hall–Kier alpha value is -2.83. The van der Waals surface area contributed by atoms with Crippen LogP contribution in [0.2, 0.25) is 0 Å². The summed E-state index contributed by atoms with van der Waals surface area (Å²) in [4.78, 5) is 20.1. The minimum absolute atomic E-state index is 0.197. The van der Waals surface area contributed by atoms with Crippen LogP contribution in [0.3, 0.4) is 0 Å². The third-order valence-corrected chi connectivity index (χ3v) is 2.89. The van der Waals surface area contributed by atoms with Gasteiger partial charge in [-0.3, -0.25) is 4.79 Å². The van der Waals surface area contributed by atoms with Gasteiger partial charge in [-0.2, -0.15) is 0 Å². The third kappa shape index (κ3) is 0.956. The molecule has 0 saturated carbocycles. The highest BCUT2D eigenvalue weighted by atomic mass is 16.6. The van der Waals surface area contributed by atoms with Crippen molar-refractivity contribution in [3.05, 3.63) is 29.7 Å². The van der Waals surface area contributed by atoms with Crippen molar-refractivity contribution in [3.63, 3.8) is 0 Å². The summed E-state index contributed by atoms with van der Waals surface area (Å²) in [7, 11) is 0. The molecule has 1 aliphatic carbocycles. The molecule has 7 nitrogen and oxygen atoms in total. The molecule has 3 heterocycles. The number of carbonyl (C=O) groups excluding carboxylic acids is 1. The van der Waals surface area contributed by atoms with E-state index < -0.39 is 5.78 Å². The topological polar surface area (TPSA) is 101 Å². The van der Waals surface area contributed by atoms with Gasteiger partial charge in [-0.05, 0) is 22.5 Å². The molecular weight excluding hydrogens is 236 g/mol. The van der Waals surface area contributed by atoms with Crippen LogP contribution in [0, 0.1) is 0 Å². The standard InChI is InChI=1S/C11H4N4O3/c16-6-2-1-4-5-3-12-11-9(14-18-15-11)7(5)13-8(4)10(6)17/h1-3,16H. The van der Waals surface area contributed by atoms with E-state index in [0.717, 1.165) is 0 Å². The van der Waals surface area contributed by atoms with E-state index in [0.29, 0.717) is 28.0 Å². The van der Waals surface area contributed by atoms with Crippen molar-refractivity contribution >= 4 is 33.9 Å². The lowest BCUT2D eigenvalue weighted by molar-refractivity contribution is -0.111. The quantitative estimate of drug-likeness (QED) is 0.692. The van der Waals surface area contributed by atoms with E-state index in [1.165, 1.54) is 6.08 Å². The lowest BCUT2D eigenvalue weighted by atomic mass is 9.96. The van der Waals surface area contributed by atoms with Gasteiger partial charge in [0.15, 0.2) is 11.3 Å². The molecule has 0 unspecified atom stereocenters. The Kier molecular flexibility index (Phi) is 1.48. The number of aromatic nitrogens is 3. The molecule has 1 N–H and O–H groups in total. The van der Waals surface area contributed by atoms with E-state index >= 15 is 0 Å². The largest absolute Gasteiger partial charge is 0.504 e. The molecule has 0 atom stereocenters. The lowest BCUT2D eigenvalue weighted by Gasteiger charge is -2.06. The van der Waals surface area contributed by atoms with Gasteiger partial charge in [-0.1, -0.05) is 0 Å². The predicted octanol–water partition coefficient (Wildman–Crippen LogP) is 1.11. The van der Waals surface area contributed by atoms with Gasteiger partial charge in [-0.25, -0.2) is 14.6 Å². The molecule has 0 aromatic carbocycles. The first kappa shape index (κ1) is 9.23. The summed E-state index contributed by atoms with van der Waals surface area (Å²) in [6.07, 6.45) is 4.53. The summed E-state index contributed by atoms with van der Waals surface area (Å²) in [5.41, 5.74) is 2.75. The van der Waals surface area contributed by atoms with Gasteiger partial charge in [0.25, 0.3) is 0 Å². The van der Waals surface area contributed by atoms with E-state index in [1.807, 2.05) is 0 Å². The van der Waals surface area contributed by atoms with E-state index in [-0.39, 0.29) is 11.5 Å². The van der Waals surface area contributed by atoms with Crippen LogP contribution < -0.4 is 0 Å². The van der Waals surface area contributed by atoms with Gasteiger partial charge >= 0.3 is 0 Å². The Morgan fingerprint density at radius 1 is 1.22 bits per heavy atom. The number of aliphatic hydroxyl groups is 1. The number of pyridine rings is 1. The summed E-state index contributed by atoms with van der Waals surface area (Å²) in [5.74, 6) is -0.832. The number of hydrogen-bond acceptors (Lipinski definition) is 7. The molecule has 86 valence electrons. The van der Waals surface area contributed by atoms with Gasteiger partial charge < -0.3 is 5.11 Å². The highest BCUT2D eigenvalue weighted by Gasteiger charge is 2.32. The number of Topliss-reactive ketones (excluding diaryl/α,β-unsaturated/α-hetero) is 1. The van der Waals surface area contributed by atoms with Crippen LogP contribution in [0.5, 0.6) is 0 Å². The smallest absolute Gasteiger partial charge is 0.246 e. The minimum atomic E-state index is -0.506. The zero-order chi connectivity index (χ0) is 12.3. The van der Waals surface area contributed by atoms with Gasteiger partial charge in [0.1, 0.15) is 11.4 Å². The van der Waals surface area contributed by atoms with Crippen LogP contribution in [0.15, 0.2) is 33.7 Å². The van der Waals surface area contributed by atoms with Crippen LogP contribution in [-0.4, -0.2) is 31.9 Å². The normalized spacial score (nSPS) is 17.1. The Labute approximate surface area is 99.1 Å². The summed E-state index contributed by atoms with van der Waals surface area (Å²) in [6, 6.07) is 0. The Morgan fingerprint density at radius 2 is 2.11 bits per heavy atom. The zero-order valence-electron chi connectivity index (χ0n) is 8.78. The molecule has 4 rings (SSSR count). The molecule has 2 aliphatic rings. The highest BCUT2D eigenvalue weighted by Crippen LogP contribution is 2.40. The summed E-state index contributed by atoms with van der Waals surface area (Å²) in [5, 5.41) is 16.7. The Balaban J connectivity index is 2.08. The average Bonchev–Trinajstić information content (AvgIpc) is 2.97. The van der Waals surface area contributed by atoms with Crippen molar-refractivity contribution in [1.29, 1.82) is 0 Å². The van der Waals surface area contributed by atoms with Crippen LogP contribution >= 0.6 is 0 Å². The monoisotopic (exact) mass is 240 g/mol. The zero-order valence-corrected chi connectivity index (χ0v) is 8.78. The van der Waals surface area contributed by atoms with Gasteiger partial charge in [0.05, 0.1) is 0 Å². The second kappa shape index (κ2) is 2.89. The molecule has 0 fully saturated rings. The number of aliphatic imine (C=N–C) groups is 1. The van der Waals surface area contributed by atoms with Crippen molar-refractivity contribution in [2.45, 2.75) is 0 Å². The van der Waals surface area contributed by atoms with Gasteiger partial charge in [0.2, 0.25) is 11.4 Å². The summed E-state index contributed by atoms with van der Waals surface area (Å²) >= 11 is 0. The maximum Gasteiger partial charge on any atom is 0.246 e. The number of aliphatic hydroxyl groups excluding tert-OH is 1. The molecule has 0 bridgehead atoms. The maximum absolute atomic E-state index is 11.8. The molecule has 2 aromatic heterocycles. The molecule has 1 aliphatic heterocycles. The fraction of sp³-hybridized carbons (Fsp3) is 0. The first-order valence-electron chi connectivity index (χ1n) is 5.12. The van der Waals surface area contributed by atoms with E-state index in [9.17, 15) is 9.90 Å². The number of fused-ring (bicyclic) bond motifs is 5. The Morgan fingerprint density at radius 3 is 3.00 bits per heavy atom. The maximum atomic E-state index is 11.8. The van der Waals surface area contributed by atoms with Crippen molar-refractivity contribution < 1.29 is 14.5 Å². The fourth-order valence-electron chi connectivity index (χ4n) is 2.04. The number of nitrogens with zero attached hydrogens (tertiary/aromatic N) is 4. The second-order valence-electron chi connectivity index (χ2n) is 3.88.